The molecule has 1 unspecified atom stereocenters. The van der Waals surface area contributed by atoms with E-state index in [-0.39, 0.29) is 0 Å². The average molecular weight is 199 g/mol. The third-order valence-corrected chi connectivity index (χ3v) is 3.43. The highest BCUT2D eigenvalue weighted by atomic mass is 16.3. The molecule has 0 aromatic rings. The summed E-state index contributed by atoms with van der Waals surface area (Å²) in [4.78, 5) is 0. The maximum atomic E-state index is 9.02. The highest BCUT2D eigenvalue weighted by Crippen LogP contribution is 2.22. The summed E-state index contributed by atoms with van der Waals surface area (Å²) in [6, 6.07) is 0. The first-order valence-electron chi connectivity index (χ1n) is 6.18. The van der Waals surface area contributed by atoms with E-state index in [1.54, 1.807) is 0 Å². The van der Waals surface area contributed by atoms with E-state index in [9.17, 15) is 0 Å². The summed E-state index contributed by atoms with van der Waals surface area (Å²) >= 11 is 0. The Morgan fingerprint density at radius 1 is 1.29 bits per heavy atom. The molecule has 1 rings (SSSR count). The molecule has 0 aromatic heterocycles. The van der Waals surface area contributed by atoms with Crippen molar-refractivity contribution in [2.75, 3.05) is 19.7 Å². The first kappa shape index (κ1) is 12.0. The van der Waals surface area contributed by atoms with Gasteiger partial charge in [0.1, 0.15) is 0 Å². The molecule has 2 N–H and O–H groups in total. The van der Waals surface area contributed by atoms with E-state index in [0.717, 1.165) is 25.4 Å². The van der Waals surface area contributed by atoms with Crippen LogP contribution in [-0.4, -0.2) is 24.8 Å². The molecule has 84 valence electrons. The lowest BCUT2D eigenvalue weighted by Gasteiger charge is -2.23. The van der Waals surface area contributed by atoms with Gasteiger partial charge in [0.2, 0.25) is 0 Å². The van der Waals surface area contributed by atoms with Crippen LogP contribution in [0.2, 0.25) is 0 Å². The van der Waals surface area contributed by atoms with E-state index < -0.39 is 0 Å². The monoisotopic (exact) mass is 199 g/mol. The maximum Gasteiger partial charge on any atom is 0.0471 e. The summed E-state index contributed by atoms with van der Waals surface area (Å²) in [5.74, 6) is 1.36. The number of nitrogens with one attached hydrogen (secondary N) is 1. The molecular formula is C12H25NO. The smallest absolute Gasteiger partial charge is 0.0471 e. The van der Waals surface area contributed by atoms with Crippen molar-refractivity contribution in [3.05, 3.63) is 0 Å². The summed E-state index contributed by atoms with van der Waals surface area (Å²) < 4.78 is 0. The molecule has 1 fully saturated rings. The van der Waals surface area contributed by atoms with Gasteiger partial charge in [0.25, 0.3) is 0 Å². The second-order valence-electron chi connectivity index (χ2n) is 4.62. The van der Waals surface area contributed by atoms with Gasteiger partial charge in [-0.3, -0.25) is 0 Å². The molecule has 1 saturated carbocycles. The van der Waals surface area contributed by atoms with Crippen molar-refractivity contribution in [2.24, 2.45) is 11.8 Å². The van der Waals surface area contributed by atoms with Crippen molar-refractivity contribution in [2.45, 2.75) is 45.4 Å². The van der Waals surface area contributed by atoms with Gasteiger partial charge in [-0.1, -0.05) is 26.2 Å². The number of aliphatic hydroxyl groups is 1. The van der Waals surface area contributed by atoms with E-state index in [1.807, 2.05) is 0 Å². The van der Waals surface area contributed by atoms with Crippen LogP contribution in [0.5, 0.6) is 0 Å². The zero-order valence-electron chi connectivity index (χ0n) is 9.47. The summed E-state index contributed by atoms with van der Waals surface area (Å²) in [5.41, 5.74) is 0. The Balaban J connectivity index is 2.01. The topological polar surface area (TPSA) is 32.3 Å². The fourth-order valence-electron chi connectivity index (χ4n) is 2.22. The number of hydrogen-bond acceptors (Lipinski definition) is 2. The highest BCUT2D eigenvalue weighted by molar-refractivity contribution is 4.69. The maximum absolute atomic E-state index is 9.02. The van der Waals surface area contributed by atoms with Crippen molar-refractivity contribution < 1.29 is 5.11 Å². The second kappa shape index (κ2) is 7.24. The van der Waals surface area contributed by atoms with Crippen LogP contribution in [-0.2, 0) is 0 Å². The quantitative estimate of drug-likeness (QED) is 0.687. The van der Waals surface area contributed by atoms with Gasteiger partial charge in [-0.05, 0) is 37.6 Å². The largest absolute Gasteiger partial charge is 0.396 e. The van der Waals surface area contributed by atoms with Crippen LogP contribution in [0.25, 0.3) is 0 Å². The van der Waals surface area contributed by atoms with E-state index in [4.69, 9.17) is 5.11 Å². The van der Waals surface area contributed by atoms with Crippen molar-refractivity contribution in [1.29, 1.82) is 0 Å². The number of hydrogen-bond donors (Lipinski definition) is 2. The van der Waals surface area contributed by atoms with Gasteiger partial charge in [0.05, 0.1) is 0 Å². The first-order valence-corrected chi connectivity index (χ1v) is 6.18. The molecule has 14 heavy (non-hydrogen) atoms. The third-order valence-electron chi connectivity index (χ3n) is 3.43. The summed E-state index contributed by atoms with van der Waals surface area (Å²) in [5, 5.41) is 12.5. The molecule has 0 radical (unpaired) electrons. The normalized spacial score (nSPS) is 21.0. The Labute approximate surface area is 88.1 Å². The van der Waals surface area contributed by atoms with Crippen molar-refractivity contribution in [3.63, 3.8) is 0 Å². The van der Waals surface area contributed by atoms with Gasteiger partial charge in [0, 0.05) is 13.2 Å². The Bertz CT molecular complexity index is 128. The van der Waals surface area contributed by atoms with Crippen molar-refractivity contribution in [3.8, 4) is 0 Å². The molecule has 2 heteroatoms. The molecule has 0 bridgehead atoms. The predicted molar refractivity (Wildman–Crippen MR) is 60.3 cm³/mol. The van der Waals surface area contributed by atoms with Crippen molar-refractivity contribution >= 4 is 0 Å². The van der Waals surface area contributed by atoms with Gasteiger partial charge in [0.15, 0.2) is 0 Å². The minimum atomic E-state index is 0.328. The van der Waals surface area contributed by atoms with Gasteiger partial charge in [-0.25, -0.2) is 0 Å². The van der Waals surface area contributed by atoms with Gasteiger partial charge >= 0.3 is 0 Å². The zero-order chi connectivity index (χ0) is 10.2. The van der Waals surface area contributed by atoms with Gasteiger partial charge in [-0.15, -0.1) is 0 Å². The standard InChI is InChI=1S/C12H25NO/c1-2-11(10-14)8-13-9-12-6-4-3-5-7-12/h11-14H,2-10H2,1H3. The van der Waals surface area contributed by atoms with Crippen LogP contribution in [0, 0.1) is 11.8 Å². The Morgan fingerprint density at radius 2 is 2.00 bits per heavy atom. The van der Waals surface area contributed by atoms with E-state index in [0.29, 0.717) is 12.5 Å². The lowest BCUT2D eigenvalue weighted by molar-refractivity contribution is 0.215. The van der Waals surface area contributed by atoms with Crippen LogP contribution in [0.15, 0.2) is 0 Å². The third kappa shape index (κ3) is 4.43. The average Bonchev–Trinajstić information content (AvgIpc) is 2.26. The molecular weight excluding hydrogens is 174 g/mol. The van der Waals surface area contributed by atoms with Gasteiger partial charge in [-0.2, -0.15) is 0 Å². The Morgan fingerprint density at radius 3 is 2.57 bits per heavy atom. The molecule has 1 aliphatic rings. The molecule has 0 spiro atoms. The van der Waals surface area contributed by atoms with Crippen LogP contribution in [0.3, 0.4) is 0 Å². The Kier molecular flexibility index (Phi) is 6.20. The predicted octanol–water partition coefficient (Wildman–Crippen LogP) is 2.17. The molecule has 2 nitrogen and oxygen atoms in total. The summed E-state index contributed by atoms with van der Waals surface area (Å²) in [7, 11) is 0. The fourth-order valence-corrected chi connectivity index (χ4v) is 2.22. The molecule has 1 atom stereocenters. The zero-order valence-corrected chi connectivity index (χ0v) is 9.47. The molecule has 0 amide bonds. The first-order chi connectivity index (χ1) is 6.86. The molecule has 0 aliphatic heterocycles. The van der Waals surface area contributed by atoms with E-state index >= 15 is 0 Å². The highest BCUT2D eigenvalue weighted by Gasteiger charge is 2.13. The number of aliphatic hydroxyl groups excluding tert-OH is 1. The van der Waals surface area contributed by atoms with Crippen LogP contribution in [0.1, 0.15) is 45.4 Å². The summed E-state index contributed by atoms with van der Waals surface area (Å²) in [6.45, 7) is 4.62. The molecule has 1 aliphatic carbocycles. The minimum absolute atomic E-state index is 0.328. The van der Waals surface area contributed by atoms with Crippen LogP contribution in [0.4, 0.5) is 0 Å². The Hall–Kier alpha value is -0.0800. The van der Waals surface area contributed by atoms with E-state index in [2.05, 4.69) is 12.2 Å². The van der Waals surface area contributed by atoms with Crippen LogP contribution < -0.4 is 5.32 Å². The molecule has 0 heterocycles. The van der Waals surface area contributed by atoms with E-state index in [1.165, 1.54) is 32.1 Å². The van der Waals surface area contributed by atoms with Gasteiger partial charge < -0.3 is 10.4 Å². The fraction of sp³-hybridized carbons (Fsp3) is 1.00. The SMILES string of the molecule is CCC(CO)CNCC1CCCCC1. The molecule has 0 saturated heterocycles. The summed E-state index contributed by atoms with van der Waals surface area (Å²) in [6.07, 6.45) is 8.16. The lowest BCUT2D eigenvalue weighted by Crippen LogP contribution is -2.30. The lowest BCUT2D eigenvalue weighted by atomic mass is 9.89. The minimum Gasteiger partial charge on any atom is -0.396 e. The van der Waals surface area contributed by atoms with Crippen molar-refractivity contribution in [1.82, 2.24) is 5.32 Å². The molecule has 0 aromatic carbocycles. The second-order valence-corrected chi connectivity index (χ2v) is 4.62. The van der Waals surface area contributed by atoms with Crippen LogP contribution >= 0.6 is 0 Å². The number of rotatable bonds is 6.